The number of hydrogen-bond acceptors (Lipinski definition) is 2. The Labute approximate surface area is 132 Å². The monoisotopic (exact) mass is 381 g/mol. The summed E-state index contributed by atoms with van der Waals surface area (Å²) in [7, 11) is 1.79. The van der Waals surface area contributed by atoms with E-state index in [2.05, 4.69) is 22.6 Å². The van der Waals surface area contributed by atoms with Crippen molar-refractivity contribution in [3.63, 3.8) is 0 Å². The number of carbonyl (C=O) groups is 1. The van der Waals surface area contributed by atoms with E-state index < -0.39 is 0 Å². The summed E-state index contributed by atoms with van der Waals surface area (Å²) in [5.74, 6) is 0.834. The lowest BCUT2D eigenvalue weighted by atomic mass is 10.2. The van der Waals surface area contributed by atoms with E-state index in [-0.39, 0.29) is 5.91 Å². The third-order valence-corrected chi connectivity index (χ3v) is 3.60. The summed E-state index contributed by atoms with van der Waals surface area (Å²) in [6.45, 7) is 1.04. The highest BCUT2D eigenvalue weighted by atomic mass is 127. The van der Waals surface area contributed by atoms with Crippen LogP contribution >= 0.6 is 22.6 Å². The Morgan fingerprint density at radius 2 is 1.75 bits per heavy atom. The van der Waals surface area contributed by atoms with Gasteiger partial charge in [0.25, 0.3) is 5.91 Å². The molecule has 0 aliphatic rings. The molecule has 0 aliphatic carbocycles. The SMILES string of the molecule is CN(CCOc1ccccc1)C(=O)c1ccc(I)cc1. The van der Waals surface area contributed by atoms with Crippen LogP contribution in [0.25, 0.3) is 0 Å². The van der Waals surface area contributed by atoms with Gasteiger partial charge in [0.05, 0.1) is 6.54 Å². The van der Waals surface area contributed by atoms with Gasteiger partial charge in [0.15, 0.2) is 0 Å². The van der Waals surface area contributed by atoms with Gasteiger partial charge in [-0.3, -0.25) is 4.79 Å². The van der Waals surface area contributed by atoms with E-state index in [4.69, 9.17) is 4.74 Å². The molecule has 0 fully saturated rings. The van der Waals surface area contributed by atoms with Crippen LogP contribution in [0.4, 0.5) is 0 Å². The van der Waals surface area contributed by atoms with Gasteiger partial charge in [-0.2, -0.15) is 0 Å². The van der Waals surface area contributed by atoms with Crippen LogP contribution < -0.4 is 4.74 Å². The topological polar surface area (TPSA) is 29.5 Å². The van der Waals surface area contributed by atoms with E-state index >= 15 is 0 Å². The molecule has 0 spiro atoms. The van der Waals surface area contributed by atoms with Gasteiger partial charge in [0, 0.05) is 16.2 Å². The van der Waals surface area contributed by atoms with Gasteiger partial charge in [-0.1, -0.05) is 18.2 Å². The molecule has 0 aliphatic heterocycles. The van der Waals surface area contributed by atoms with Gasteiger partial charge >= 0.3 is 0 Å². The molecule has 0 atom stereocenters. The van der Waals surface area contributed by atoms with Gasteiger partial charge in [0.2, 0.25) is 0 Å². The largest absolute Gasteiger partial charge is 0.492 e. The number of para-hydroxylation sites is 1. The molecule has 104 valence electrons. The third kappa shape index (κ3) is 4.23. The predicted octanol–water partition coefficient (Wildman–Crippen LogP) is 3.44. The molecule has 2 rings (SSSR count). The van der Waals surface area contributed by atoms with Gasteiger partial charge in [0.1, 0.15) is 12.4 Å². The smallest absolute Gasteiger partial charge is 0.253 e. The number of hydrogen-bond donors (Lipinski definition) is 0. The number of benzene rings is 2. The predicted molar refractivity (Wildman–Crippen MR) is 88.1 cm³/mol. The van der Waals surface area contributed by atoms with Crippen molar-refractivity contribution in [2.75, 3.05) is 20.2 Å². The van der Waals surface area contributed by atoms with Crippen LogP contribution in [0.15, 0.2) is 54.6 Å². The standard InChI is InChI=1S/C16H16INO2/c1-18(11-12-20-15-5-3-2-4-6-15)16(19)13-7-9-14(17)10-8-13/h2-10H,11-12H2,1H3. The Balaban J connectivity index is 1.84. The van der Waals surface area contributed by atoms with Gasteiger partial charge < -0.3 is 9.64 Å². The molecule has 0 saturated carbocycles. The first kappa shape index (κ1) is 14.8. The van der Waals surface area contributed by atoms with Crippen LogP contribution in [-0.4, -0.2) is 31.0 Å². The summed E-state index contributed by atoms with van der Waals surface area (Å²) >= 11 is 2.22. The number of nitrogens with zero attached hydrogens (tertiary/aromatic N) is 1. The van der Waals surface area contributed by atoms with E-state index in [0.717, 1.165) is 9.32 Å². The van der Waals surface area contributed by atoms with Crippen LogP contribution in [0.1, 0.15) is 10.4 Å². The zero-order chi connectivity index (χ0) is 14.4. The zero-order valence-electron chi connectivity index (χ0n) is 11.3. The molecule has 0 saturated heterocycles. The van der Waals surface area contributed by atoms with Crippen LogP contribution in [0.3, 0.4) is 0 Å². The van der Waals surface area contributed by atoms with E-state index in [1.54, 1.807) is 11.9 Å². The average molecular weight is 381 g/mol. The lowest BCUT2D eigenvalue weighted by Crippen LogP contribution is -2.30. The molecule has 3 nitrogen and oxygen atoms in total. The fourth-order valence-electron chi connectivity index (χ4n) is 1.73. The van der Waals surface area contributed by atoms with Crippen LogP contribution in [0.2, 0.25) is 0 Å². The summed E-state index contributed by atoms with van der Waals surface area (Å²) in [6, 6.07) is 17.2. The highest BCUT2D eigenvalue weighted by Gasteiger charge is 2.11. The minimum Gasteiger partial charge on any atom is -0.492 e. The zero-order valence-corrected chi connectivity index (χ0v) is 13.4. The molecular formula is C16H16INO2. The molecule has 0 bridgehead atoms. The second-order valence-corrected chi connectivity index (χ2v) is 5.64. The van der Waals surface area contributed by atoms with Crippen LogP contribution in [0, 0.1) is 3.57 Å². The van der Waals surface area contributed by atoms with Crippen molar-refractivity contribution in [1.29, 1.82) is 0 Å². The van der Waals surface area contributed by atoms with E-state index in [1.165, 1.54) is 0 Å². The number of amides is 1. The summed E-state index contributed by atoms with van der Waals surface area (Å²) in [5, 5.41) is 0. The maximum absolute atomic E-state index is 12.2. The molecule has 20 heavy (non-hydrogen) atoms. The summed E-state index contributed by atoms with van der Waals surface area (Å²) in [6.07, 6.45) is 0. The molecule has 0 N–H and O–H groups in total. The molecule has 4 heteroatoms. The van der Waals surface area contributed by atoms with Crippen molar-refractivity contribution in [2.45, 2.75) is 0 Å². The second kappa shape index (κ2) is 7.28. The number of likely N-dealkylation sites (N-methyl/N-ethyl adjacent to an activating group) is 1. The van der Waals surface area contributed by atoms with Crippen LogP contribution in [0.5, 0.6) is 5.75 Å². The normalized spacial score (nSPS) is 10.1. The molecule has 0 unspecified atom stereocenters. The van der Waals surface area contributed by atoms with Gasteiger partial charge in [-0.05, 0) is 59.0 Å². The van der Waals surface area contributed by atoms with Gasteiger partial charge in [-0.15, -0.1) is 0 Å². The Hall–Kier alpha value is -1.56. The summed E-state index contributed by atoms with van der Waals surface area (Å²) < 4.78 is 6.71. The van der Waals surface area contributed by atoms with E-state index in [9.17, 15) is 4.79 Å². The summed E-state index contributed by atoms with van der Waals surface area (Å²) in [4.78, 5) is 13.8. The molecule has 2 aromatic rings. The quantitative estimate of drug-likeness (QED) is 0.743. The molecular weight excluding hydrogens is 365 g/mol. The fraction of sp³-hybridized carbons (Fsp3) is 0.188. The third-order valence-electron chi connectivity index (χ3n) is 2.88. The van der Waals surface area contributed by atoms with Gasteiger partial charge in [-0.25, -0.2) is 0 Å². The lowest BCUT2D eigenvalue weighted by Gasteiger charge is -2.17. The summed E-state index contributed by atoms with van der Waals surface area (Å²) in [5.41, 5.74) is 0.702. The Bertz CT molecular complexity index is 554. The average Bonchev–Trinajstić information content (AvgIpc) is 2.48. The first-order valence-electron chi connectivity index (χ1n) is 6.36. The van der Waals surface area contributed by atoms with Crippen molar-refractivity contribution in [2.24, 2.45) is 0 Å². The molecule has 1 amide bonds. The highest BCUT2D eigenvalue weighted by Crippen LogP contribution is 2.10. The van der Waals surface area contributed by atoms with Crippen molar-refractivity contribution in [3.05, 3.63) is 63.7 Å². The van der Waals surface area contributed by atoms with Crippen molar-refractivity contribution < 1.29 is 9.53 Å². The molecule has 0 heterocycles. The van der Waals surface area contributed by atoms with E-state index in [1.807, 2.05) is 54.6 Å². The Kier molecular flexibility index (Phi) is 5.40. The van der Waals surface area contributed by atoms with E-state index in [0.29, 0.717) is 18.7 Å². The number of rotatable bonds is 5. The van der Waals surface area contributed by atoms with Crippen LogP contribution in [-0.2, 0) is 0 Å². The minimum absolute atomic E-state index is 0.0121. The Morgan fingerprint density at radius 1 is 1.10 bits per heavy atom. The number of carbonyl (C=O) groups excluding carboxylic acids is 1. The maximum Gasteiger partial charge on any atom is 0.253 e. The Morgan fingerprint density at radius 3 is 2.40 bits per heavy atom. The maximum atomic E-state index is 12.2. The lowest BCUT2D eigenvalue weighted by molar-refractivity contribution is 0.0774. The number of halogens is 1. The second-order valence-electron chi connectivity index (χ2n) is 4.40. The fourth-order valence-corrected chi connectivity index (χ4v) is 2.09. The van der Waals surface area contributed by atoms with Crippen molar-refractivity contribution in [3.8, 4) is 5.75 Å². The molecule has 0 radical (unpaired) electrons. The first-order valence-corrected chi connectivity index (χ1v) is 7.43. The van der Waals surface area contributed by atoms with Crippen molar-refractivity contribution in [1.82, 2.24) is 4.90 Å². The molecule has 2 aromatic carbocycles. The highest BCUT2D eigenvalue weighted by molar-refractivity contribution is 14.1. The van der Waals surface area contributed by atoms with Crippen molar-refractivity contribution >= 4 is 28.5 Å². The number of ether oxygens (including phenoxy) is 1. The molecule has 0 aromatic heterocycles. The minimum atomic E-state index is 0.0121. The first-order chi connectivity index (χ1) is 9.66.